The van der Waals surface area contributed by atoms with Crippen molar-refractivity contribution >= 4 is 18.3 Å². The van der Waals surface area contributed by atoms with Crippen LogP contribution in [0.1, 0.15) is 17.5 Å². The van der Waals surface area contributed by atoms with Gasteiger partial charge in [-0.3, -0.25) is 4.79 Å². The van der Waals surface area contributed by atoms with Crippen LogP contribution in [-0.4, -0.2) is 24.1 Å². The normalized spacial score (nSPS) is 17.9. The summed E-state index contributed by atoms with van der Waals surface area (Å²) in [5, 5.41) is 14.8. The molecule has 0 saturated carbocycles. The third kappa shape index (κ3) is 4.16. The second-order valence-electron chi connectivity index (χ2n) is 4.49. The summed E-state index contributed by atoms with van der Waals surface area (Å²) in [6.07, 6.45) is 0.851. The number of halogens is 2. The first-order chi connectivity index (χ1) is 8.70. The molecular weight excluding hydrogens is 271 g/mol. The summed E-state index contributed by atoms with van der Waals surface area (Å²) in [6.45, 7) is 1.59. The Bertz CT molecular complexity index is 437. The lowest BCUT2D eigenvalue weighted by Gasteiger charge is -2.10. The standard InChI is InChI=1S/C13H17FN2O2.ClH/c14-12-5-9(1-2-11(12)8-17)6-16-13(18)10-3-4-15-7-10;/h1-2,5,10,15,17H,3-4,6-8H2,(H,16,18);1H. The van der Waals surface area contributed by atoms with E-state index in [0.717, 1.165) is 13.0 Å². The Hall–Kier alpha value is -1.17. The number of hydrogen-bond acceptors (Lipinski definition) is 3. The monoisotopic (exact) mass is 288 g/mol. The highest BCUT2D eigenvalue weighted by atomic mass is 35.5. The zero-order valence-corrected chi connectivity index (χ0v) is 11.3. The SMILES string of the molecule is Cl.O=C(NCc1ccc(CO)c(F)c1)C1CCNC1. The van der Waals surface area contributed by atoms with Crippen LogP contribution in [0.25, 0.3) is 0 Å². The molecule has 1 heterocycles. The van der Waals surface area contributed by atoms with Crippen molar-refractivity contribution in [2.24, 2.45) is 5.92 Å². The van der Waals surface area contributed by atoms with Crippen LogP contribution in [0.15, 0.2) is 18.2 Å². The van der Waals surface area contributed by atoms with E-state index in [0.29, 0.717) is 18.7 Å². The summed E-state index contributed by atoms with van der Waals surface area (Å²) >= 11 is 0. The van der Waals surface area contributed by atoms with Crippen LogP contribution in [0, 0.1) is 11.7 Å². The summed E-state index contributed by atoms with van der Waals surface area (Å²) in [4.78, 5) is 11.7. The molecule has 0 aromatic heterocycles. The average Bonchev–Trinajstić information content (AvgIpc) is 2.90. The molecule has 106 valence electrons. The second-order valence-corrected chi connectivity index (χ2v) is 4.49. The van der Waals surface area contributed by atoms with E-state index in [2.05, 4.69) is 10.6 Å². The Kier molecular flexibility index (Phi) is 6.21. The molecule has 0 aliphatic carbocycles. The predicted molar refractivity (Wildman–Crippen MR) is 72.4 cm³/mol. The second kappa shape index (κ2) is 7.43. The minimum absolute atomic E-state index is 0. The fraction of sp³-hybridized carbons (Fsp3) is 0.462. The van der Waals surface area contributed by atoms with Gasteiger partial charge in [-0.1, -0.05) is 12.1 Å². The summed E-state index contributed by atoms with van der Waals surface area (Å²) in [5.74, 6) is -0.412. The van der Waals surface area contributed by atoms with Gasteiger partial charge in [-0.25, -0.2) is 4.39 Å². The van der Waals surface area contributed by atoms with Gasteiger partial charge in [0.1, 0.15) is 5.82 Å². The first kappa shape index (κ1) is 15.9. The third-order valence-corrected chi connectivity index (χ3v) is 3.19. The predicted octanol–water partition coefficient (Wildman–Crippen LogP) is 0.965. The highest BCUT2D eigenvalue weighted by molar-refractivity contribution is 5.85. The molecule has 1 aromatic rings. The van der Waals surface area contributed by atoms with Crippen molar-refractivity contribution in [3.05, 3.63) is 35.1 Å². The van der Waals surface area contributed by atoms with Gasteiger partial charge in [-0.05, 0) is 24.6 Å². The maximum Gasteiger partial charge on any atom is 0.224 e. The minimum atomic E-state index is -0.438. The van der Waals surface area contributed by atoms with E-state index in [-0.39, 0.29) is 36.4 Å². The van der Waals surface area contributed by atoms with Crippen molar-refractivity contribution in [2.75, 3.05) is 13.1 Å². The van der Waals surface area contributed by atoms with E-state index in [4.69, 9.17) is 5.11 Å². The van der Waals surface area contributed by atoms with Gasteiger partial charge in [0, 0.05) is 18.7 Å². The molecule has 1 saturated heterocycles. The molecule has 1 aliphatic rings. The van der Waals surface area contributed by atoms with Gasteiger partial charge in [0.25, 0.3) is 0 Å². The average molecular weight is 289 g/mol. The highest BCUT2D eigenvalue weighted by Gasteiger charge is 2.21. The number of carbonyl (C=O) groups is 1. The molecule has 0 spiro atoms. The lowest BCUT2D eigenvalue weighted by molar-refractivity contribution is -0.124. The van der Waals surface area contributed by atoms with Crippen molar-refractivity contribution in [3.8, 4) is 0 Å². The van der Waals surface area contributed by atoms with Crippen LogP contribution in [0.5, 0.6) is 0 Å². The Morgan fingerprint density at radius 1 is 1.53 bits per heavy atom. The number of carbonyl (C=O) groups excluding carboxylic acids is 1. The van der Waals surface area contributed by atoms with E-state index in [1.807, 2.05) is 0 Å². The molecule has 1 unspecified atom stereocenters. The van der Waals surface area contributed by atoms with Crippen molar-refractivity contribution in [1.82, 2.24) is 10.6 Å². The highest BCUT2D eigenvalue weighted by Crippen LogP contribution is 2.11. The van der Waals surface area contributed by atoms with Gasteiger partial charge in [-0.2, -0.15) is 0 Å². The molecule has 0 bridgehead atoms. The topological polar surface area (TPSA) is 61.4 Å². The van der Waals surface area contributed by atoms with Gasteiger partial charge in [0.15, 0.2) is 0 Å². The van der Waals surface area contributed by atoms with Crippen molar-refractivity contribution in [1.29, 1.82) is 0 Å². The van der Waals surface area contributed by atoms with Crippen molar-refractivity contribution < 1.29 is 14.3 Å². The van der Waals surface area contributed by atoms with E-state index in [9.17, 15) is 9.18 Å². The first-order valence-electron chi connectivity index (χ1n) is 6.07. The first-order valence-corrected chi connectivity index (χ1v) is 6.07. The third-order valence-electron chi connectivity index (χ3n) is 3.19. The molecular formula is C13H18ClFN2O2. The Balaban J connectivity index is 0.00000180. The fourth-order valence-electron chi connectivity index (χ4n) is 2.04. The maximum atomic E-state index is 13.4. The number of benzene rings is 1. The van der Waals surface area contributed by atoms with Gasteiger partial charge in [-0.15, -0.1) is 12.4 Å². The van der Waals surface area contributed by atoms with E-state index < -0.39 is 5.82 Å². The van der Waals surface area contributed by atoms with Crippen molar-refractivity contribution in [3.63, 3.8) is 0 Å². The number of nitrogens with one attached hydrogen (secondary N) is 2. The molecule has 4 nitrogen and oxygen atoms in total. The van der Waals surface area contributed by atoms with E-state index >= 15 is 0 Å². The molecule has 1 atom stereocenters. The maximum absolute atomic E-state index is 13.4. The number of aliphatic hydroxyl groups is 1. The van der Waals surface area contributed by atoms with Gasteiger partial charge in [0.2, 0.25) is 5.91 Å². The Labute approximate surface area is 117 Å². The van der Waals surface area contributed by atoms with Crippen LogP contribution in [-0.2, 0) is 17.9 Å². The molecule has 2 rings (SSSR count). The molecule has 1 aliphatic heterocycles. The molecule has 1 fully saturated rings. The molecule has 3 N–H and O–H groups in total. The quantitative estimate of drug-likeness (QED) is 0.774. The largest absolute Gasteiger partial charge is 0.392 e. The lowest BCUT2D eigenvalue weighted by atomic mass is 10.1. The number of aliphatic hydroxyl groups excluding tert-OH is 1. The van der Waals surface area contributed by atoms with Gasteiger partial charge in [0.05, 0.1) is 12.5 Å². The van der Waals surface area contributed by atoms with E-state index in [1.54, 1.807) is 6.07 Å². The summed E-state index contributed by atoms with van der Waals surface area (Å²) in [7, 11) is 0. The number of amides is 1. The zero-order valence-electron chi connectivity index (χ0n) is 10.5. The molecule has 0 radical (unpaired) electrons. The summed E-state index contributed by atoms with van der Waals surface area (Å²) in [5.41, 5.74) is 0.967. The lowest BCUT2D eigenvalue weighted by Crippen LogP contribution is -2.31. The van der Waals surface area contributed by atoms with E-state index in [1.165, 1.54) is 12.1 Å². The van der Waals surface area contributed by atoms with Gasteiger partial charge >= 0.3 is 0 Å². The Morgan fingerprint density at radius 3 is 2.89 bits per heavy atom. The molecule has 19 heavy (non-hydrogen) atoms. The minimum Gasteiger partial charge on any atom is -0.392 e. The van der Waals surface area contributed by atoms with Crippen LogP contribution in [0.4, 0.5) is 4.39 Å². The molecule has 1 aromatic carbocycles. The van der Waals surface area contributed by atoms with Crippen LogP contribution in [0.3, 0.4) is 0 Å². The molecule has 6 heteroatoms. The summed E-state index contributed by atoms with van der Waals surface area (Å²) < 4.78 is 13.4. The van der Waals surface area contributed by atoms with Crippen LogP contribution >= 0.6 is 12.4 Å². The fourth-order valence-corrected chi connectivity index (χ4v) is 2.04. The van der Waals surface area contributed by atoms with Crippen molar-refractivity contribution in [2.45, 2.75) is 19.6 Å². The molecule has 1 amide bonds. The smallest absolute Gasteiger partial charge is 0.224 e. The van der Waals surface area contributed by atoms with Crippen LogP contribution in [0.2, 0.25) is 0 Å². The van der Waals surface area contributed by atoms with Crippen LogP contribution < -0.4 is 10.6 Å². The summed E-state index contributed by atoms with van der Waals surface area (Å²) in [6, 6.07) is 4.59. The van der Waals surface area contributed by atoms with Gasteiger partial charge < -0.3 is 15.7 Å². The number of rotatable bonds is 4. The Morgan fingerprint density at radius 2 is 2.32 bits per heavy atom. The number of hydrogen-bond donors (Lipinski definition) is 3. The zero-order chi connectivity index (χ0) is 13.0.